The number of rotatable bonds is 3. The van der Waals surface area contributed by atoms with Crippen LogP contribution >= 0.6 is 0 Å². The minimum absolute atomic E-state index is 0.154. The Hall–Kier alpha value is -2.28. The smallest absolute Gasteiger partial charge is 0.227 e. The van der Waals surface area contributed by atoms with Gasteiger partial charge in [0.05, 0.1) is 24.8 Å². The van der Waals surface area contributed by atoms with E-state index < -0.39 is 23.8 Å². The van der Waals surface area contributed by atoms with Crippen molar-refractivity contribution in [2.75, 3.05) is 6.54 Å². The molecule has 1 aliphatic rings. The lowest BCUT2D eigenvalue weighted by Crippen LogP contribution is -2.33. The summed E-state index contributed by atoms with van der Waals surface area (Å²) in [4.78, 5) is 14.0. The summed E-state index contributed by atoms with van der Waals surface area (Å²) in [5.41, 5.74) is 1.25. The van der Waals surface area contributed by atoms with Crippen LogP contribution in [0.1, 0.15) is 23.6 Å². The van der Waals surface area contributed by atoms with Gasteiger partial charge in [0.25, 0.3) is 0 Å². The third kappa shape index (κ3) is 3.24. The summed E-state index contributed by atoms with van der Waals surface area (Å²) in [6.07, 6.45) is 3.14. The second-order valence-electron chi connectivity index (χ2n) is 5.82. The lowest BCUT2D eigenvalue weighted by molar-refractivity contribution is -0.131. The molecule has 0 unspecified atom stereocenters. The number of aliphatic hydroxyl groups is 1. The Kier molecular flexibility index (Phi) is 4.12. The maximum Gasteiger partial charge on any atom is 0.227 e. The first-order chi connectivity index (χ1) is 10.9. The first-order valence-corrected chi connectivity index (χ1v) is 7.34. The van der Waals surface area contributed by atoms with Gasteiger partial charge in [-0.2, -0.15) is 5.10 Å². The summed E-state index contributed by atoms with van der Waals surface area (Å²) in [7, 11) is 1.76. The van der Waals surface area contributed by atoms with Crippen molar-refractivity contribution in [1.29, 1.82) is 0 Å². The fourth-order valence-corrected chi connectivity index (χ4v) is 2.96. The molecule has 7 heteroatoms. The molecule has 1 N–H and O–H groups in total. The van der Waals surface area contributed by atoms with Crippen LogP contribution in [0, 0.1) is 11.6 Å². The first-order valence-electron chi connectivity index (χ1n) is 7.34. The summed E-state index contributed by atoms with van der Waals surface area (Å²) in [5, 5.41) is 13.9. The van der Waals surface area contributed by atoms with Gasteiger partial charge in [-0.05, 0) is 29.7 Å². The maximum atomic E-state index is 13.5. The van der Waals surface area contributed by atoms with Gasteiger partial charge in [0.2, 0.25) is 5.91 Å². The highest BCUT2D eigenvalue weighted by atomic mass is 19.2. The number of aliphatic hydroxyl groups excluding tert-OH is 1. The van der Waals surface area contributed by atoms with Gasteiger partial charge in [0, 0.05) is 19.8 Å². The van der Waals surface area contributed by atoms with Gasteiger partial charge >= 0.3 is 0 Å². The Morgan fingerprint density at radius 1 is 1.39 bits per heavy atom. The van der Waals surface area contributed by atoms with Crippen molar-refractivity contribution in [3.63, 3.8) is 0 Å². The van der Waals surface area contributed by atoms with E-state index in [9.17, 15) is 18.7 Å². The topological polar surface area (TPSA) is 58.4 Å². The van der Waals surface area contributed by atoms with Crippen molar-refractivity contribution < 1.29 is 18.7 Å². The van der Waals surface area contributed by atoms with Gasteiger partial charge < -0.3 is 10.0 Å². The van der Waals surface area contributed by atoms with Gasteiger partial charge in [-0.25, -0.2) is 8.78 Å². The van der Waals surface area contributed by atoms with E-state index in [0.717, 1.165) is 17.7 Å². The number of benzene rings is 1. The lowest BCUT2D eigenvalue weighted by Gasteiger charge is -2.24. The van der Waals surface area contributed by atoms with Gasteiger partial charge in [0.15, 0.2) is 11.6 Å². The summed E-state index contributed by atoms with van der Waals surface area (Å²) in [6, 6.07) is 3.12. The van der Waals surface area contributed by atoms with Crippen LogP contribution in [0.5, 0.6) is 0 Å². The number of likely N-dealkylation sites (tertiary alicyclic amines) is 1. The molecule has 1 aliphatic heterocycles. The molecule has 23 heavy (non-hydrogen) atoms. The molecule has 2 aromatic rings. The Morgan fingerprint density at radius 2 is 2.17 bits per heavy atom. The van der Waals surface area contributed by atoms with E-state index in [0.29, 0.717) is 12.0 Å². The Bertz CT molecular complexity index is 732. The lowest BCUT2D eigenvalue weighted by atomic mass is 10.0. The SMILES string of the molecule is Cn1cc(CC(=O)N2C[C@H](O)C[C@H]2c2ccc(F)c(F)c2)cn1. The van der Waals surface area contributed by atoms with Crippen LogP contribution < -0.4 is 0 Å². The van der Waals surface area contributed by atoms with E-state index in [1.54, 1.807) is 24.1 Å². The van der Waals surface area contributed by atoms with Crippen LogP contribution in [0.15, 0.2) is 30.6 Å². The first kappa shape index (κ1) is 15.6. The summed E-state index contributed by atoms with van der Waals surface area (Å²) in [6.45, 7) is 0.183. The van der Waals surface area contributed by atoms with Crippen LogP contribution in [0.4, 0.5) is 8.78 Å². The van der Waals surface area contributed by atoms with Crippen molar-refractivity contribution in [1.82, 2.24) is 14.7 Å². The number of amides is 1. The molecule has 1 aromatic heterocycles. The van der Waals surface area contributed by atoms with Gasteiger partial charge in [0.1, 0.15) is 0 Å². The number of nitrogens with zero attached hydrogens (tertiary/aromatic N) is 3. The number of aryl methyl sites for hydroxylation is 1. The molecule has 2 heterocycles. The van der Waals surface area contributed by atoms with Crippen LogP contribution in [-0.2, 0) is 18.3 Å². The number of carbonyl (C=O) groups is 1. The van der Waals surface area contributed by atoms with Crippen molar-refractivity contribution in [3.05, 3.63) is 53.4 Å². The van der Waals surface area contributed by atoms with E-state index >= 15 is 0 Å². The normalized spacial score (nSPS) is 21.0. The number of hydrogen-bond donors (Lipinski definition) is 1. The van der Waals surface area contributed by atoms with E-state index in [2.05, 4.69) is 5.10 Å². The molecule has 0 saturated carbocycles. The van der Waals surface area contributed by atoms with Crippen LogP contribution in [0.2, 0.25) is 0 Å². The Morgan fingerprint density at radius 3 is 2.83 bits per heavy atom. The van der Waals surface area contributed by atoms with Crippen molar-refractivity contribution in [2.24, 2.45) is 7.05 Å². The second kappa shape index (κ2) is 6.08. The minimum atomic E-state index is -0.955. The highest BCUT2D eigenvalue weighted by molar-refractivity contribution is 5.79. The summed E-state index contributed by atoms with van der Waals surface area (Å²) in [5.74, 6) is -2.06. The van der Waals surface area contributed by atoms with Crippen molar-refractivity contribution in [2.45, 2.75) is 25.0 Å². The maximum absolute atomic E-state index is 13.5. The molecular weight excluding hydrogens is 304 g/mol. The molecule has 122 valence electrons. The zero-order chi connectivity index (χ0) is 16.6. The number of halogens is 2. The molecule has 0 aliphatic carbocycles. The zero-order valence-corrected chi connectivity index (χ0v) is 12.6. The third-order valence-corrected chi connectivity index (χ3v) is 4.04. The van der Waals surface area contributed by atoms with Crippen LogP contribution in [-0.4, -0.2) is 38.3 Å². The molecular formula is C16H17F2N3O2. The Balaban J connectivity index is 1.81. The molecule has 1 fully saturated rings. The van der Waals surface area contributed by atoms with E-state index in [4.69, 9.17) is 0 Å². The standard InChI is InChI=1S/C16H17F2N3O2/c1-20-8-10(7-19-20)4-16(23)21-9-12(22)6-15(21)11-2-3-13(17)14(18)5-11/h2-3,5,7-8,12,15,22H,4,6,9H2,1H3/t12-,15+/m1/s1. The third-order valence-electron chi connectivity index (χ3n) is 4.04. The number of hydrogen-bond acceptors (Lipinski definition) is 3. The molecule has 5 nitrogen and oxygen atoms in total. The average Bonchev–Trinajstić information content (AvgIpc) is 3.08. The molecule has 3 rings (SSSR count). The quantitative estimate of drug-likeness (QED) is 0.934. The average molecular weight is 321 g/mol. The van der Waals surface area contributed by atoms with Gasteiger partial charge in [-0.1, -0.05) is 6.07 Å². The predicted molar refractivity (Wildman–Crippen MR) is 78.3 cm³/mol. The van der Waals surface area contributed by atoms with Crippen molar-refractivity contribution in [3.8, 4) is 0 Å². The minimum Gasteiger partial charge on any atom is -0.391 e. The zero-order valence-electron chi connectivity index (χ0n) is 12.6. The fraction of sp³-hybridized carbons (Fsp3) is 0.375. The van der Waals surface area contributed by atoms with E-state index in [1.807, 2.05) is 0 Å². The van der Waals surface area contributed by atoms with E-state index in [-0.39, 0.29) is 18.9 Å². The van der Waals surface area contributed by atoms with Gasteiger partial charge in [-0.3, -0.25) is 9.48 Å². The number of carbonyl (C=O) groups excluding carboxylic acids is 1. The fourth-order valence-electron chi connectivity index (χ4n) is 2.96. The summed E-state index contributed by atoms with van der Waals surface area (Å²) >= 11 is 0. The molecule has 0 bridgehead atoms. The molecule has 0 radical (unpaired) electrons. The van der Waals surface area contributed by atoms with E-state index in [1.165, 1.54) is 11.0 Å². The number of aromatic nitrogens is 2. The van der Waals surface area contributed by atoms with Crippen LogP contribution in [0.25, 0.3) is 0 Å². The predicted octanol–water partition coefficient (Wildman–Crippen LogP) is 1.58. The molecule has 1 amide bonds. The largest absolute Gasteiger partial charge is 0.391 e. The Labute approximate surface area is 132 Å². The number of β-amino-alcohol motifs (C(OH)–C–C–N with tert-alkyl or cyclic N) is 1. The van der Waals surface area contributed by atoms with Gasteiger partial charge in [-0.15, -0.1) is 0 Å². The molecule has 0 spiro atoms. The second-order valence-corrected chi connectivity index (χ2v) is 5.82. The van der Waals surface area contributed by atoms with Crippen molar-refractivity contribution >= 4 is 5.91 Å². The molecule has 1 aromatic carbocycles. The monoisotopic (exact) mass is 321 g/mol. The molecule has 2 atom stereocenters. The molecule has 1 saturated heterocycles. The van der Waals surface area contributed by atoms with Crippen LogP contribution in [0.3, 0.4) is 0 Å². The highest BCUT2D eigenvalue weighted by Gasteiger charge is 2.35. The summed E-state index contributed by atoms with van der Waals surface area (Å²) < 4.78 is 28.2. The highest BCUT2D eigenvalue weighted by Crippen LogP contribution is 2.33.